The first-order chi connectivity index (χ1) is 19.7. The lowest BCUT2D eigenvalue weighted by Crippen LogP contribution is -2.03. The summed E-state index contributed by atoms with van der Waals surface area (Å²) in [5.74, 6) is 0.850. The highest BCUT2D eigenvalue weighted by Gasteiger charge is 2.19. The molecule has 0 atom stereocenters. The van der Waals surface area contributed by atoms with E-state index < -0.39 is 30.8 Å². The van der Waals surface area contributed by atoms with Gasteiger partial charge in [-0.15, -0.1) is 12.6 Å². The predicted octanol–water partition coefficient (Wildman–Crippen LogP) is 4.66. The molecule has 0 fully saturated rings. The first kappa shape index (κ1) is 32.4. The third-order valence-corrected chi connectivity index (χ3v) is 7.82. The monoisotopic (exact) mass is 634 g/mol. The van der Waals surface area contributed by atoms with Crippen molar-refractivity contribution >= 4 is 30.8 Å². The van der Waals surface area contributed by atoms with Gasteiger partial charge in [-0.3, -0.25) is 9.11 Å². The quantitative estimate of drug-likeness (QED) is 0.245. The highest BCUT2D eigenvalue weighted by Crippen LogP contribution is 2.33. The lowest BCUT2D eigenvalue weighted by atomic mass is 10.0. The van der Waals surface area contributed by atoms with Gasteiger partial charge in [0.2, 0.25) is 0 Å². The Balaban J connectivity index is 0.00000114. The zero-order valence-electron chi connectivity index (χ0n) is 22.3. The lowest BCUT2D eigenvalue weighted by molar-refractivity contribution is 0.305. The standard InChI is InChI=1S/C28H26O8S2.O3S/c1-3-19-6-14-25(27(16-19)37(29,30)31)21-7-4-20(5-8-21)18-36-24-13-15-26(28(17-24)38(32,33)34)22-9-11-23(35-2)12-10-22;1-4(2)3/h4-17H,3,18H2,1-2H3,(H,29,30,31)(H,32,33,34);. The molecule has 0 spiro atoms. The molecule has 0 aromatic heterocycles. The molecule has 2 N–H and O–H groups in total. The SMILES string of the molecule is CCc1ccc(-c2ccc(COc3ccc(-c4ccc(OC)cc4)c(S(=O)(=O)O)c3)cc2)c(S(=O)(=O)O)c1.O=S(=O)=O. The Kier molecular flexibility index (Phi) is 10.6. The van der Waals surface area contributed by atoms with Crippen molar-refractivity contribution < 1.29 is 48.0 Å². The molecule has 0 amide bonds. The Labute approximate surface area is 244 Å². The topological polar surface area (TPSA) is 178 Å². The van der Waals surface area contributed by atoms with Crippen molar-refractivity contribution in [1.82, 2.24) is 0 Å². The molecule has 11 nitrogen and oxygen atoms in total. The van der Waals surface area contributed by atoms with E-state index in [-0.39, 0.29) is 22.1 Å². The summed E-state index contributed by atoms with van der Waals surface area (Å²) in [6.07, 6.45) is 0.624. The minimum Gasteiger partial charge on any atom is -0.497 e. The maximum Gasteiger partial charge on any atom is 0.425 e. The van der Waals surface area contributed by atoms with Crippen LogP contribution in [0.4, 0.5) is 0 Å². The third kappa shape index (κ3) is 8.71. The molecule has 0 heterocycles. The number of hydrogen-bond acceptors (Lipinski definition) is 9. The van der Waals surface area contributed by atoms with Crippen molar-refractivity contribution in [2.24, 2.45) is 0 Å². The number of rotatable bonds is 9. The van der Waals surface area contributed by atoms with Gasteiger partial charge >= 0.3 is 10.6 Å². The molecule has 0 saturated carbocycles. The van der Waals surface area contributed by atoms with E-state index in [0.29, 0.717) is 34.4 Å². The molecular weight excluding hydrogens is 608 g/mol. The second kappa shape index (κ2) is 13.7. The normalized spacial score (nSPS) is 11.2. The Hall–Kier alpha value is -4.08. The van der Waals surface area contributed by atoms with Crippen LogP contribution in [0.2, 0.25) is 0 Å². The van der Waals surface area contributed by atoms with E-state index in [2.05, 4.69) is 0 Å². The van der Waals surface area contributed by atoms with E-state index >= 15 is 0 Å². The Morgan fingerprint density at radius 1 is 0.643 bits per heavy atom. The van der Waals surface area contributed by atoms with Crippen molar-refractivity contribution in [2.75, 3.05) is 7.11 Å². The minimum atomic E-state index is -4.54. The van der Waals surface area contributed by atoms with Crippen LogP contribution in [0.15, 0.2) is 94.7 Å². The molecule has 0 aliphatic rings. The molecule has 14 heteroatoms. The minimum absolute atomic E-state index is 0.0903. The Morgan fingerprint density at radius 2 is 1.07 bits per heavy atom. The van der Waals surface area contributed by atoms with Crippen LogP contribution in [0.1, 0.15) is 18.1 Å². The third-order valence-electron chi connectivity index (χ3n) is 6.03. The van der Waals surface area contributed by atoms with E-state index in [1.165, 1.54) is 19.2 Å². The second-order valence-electron chi connectivity index (χ2n) is 8.71. The number of ether oxygens (including phenoxy) is 2. The summed E-state index contributed by atoms with van der Waals surface area (Å²) in [5.41, 5.74) is 3.40. The molecular formula is C28H26O11S3. The molecule has 0 aliphatic carbocycles. The summed E-state index contributed by atoms with van der Waals surface area (Å²) < 4.78 is 104. The van der Waals surface area contributed by atoms with Gasteiger partial charge in [-0.05, 0) is 59.0 Å². The fraction of sp³-hybridized carbons (Fsp3) is 0.143. The molecule has 4 aromatic carbocycles. The van der Waals surface area contributed by atoms with Gasteiger partial charge in [0.15, 0.2) is 0 Å². The van der Waals surface area contributed by atoms with Crippen LogP contribution < -0.4 is 9.47 Å². The van der Waals surface area contributed by atoms with Gasteiger partial charge in [0.25, 0.3) is 20.2 Å². The molecule has 0 radical (unpaired) electrons. The fourth-order valence-electron chi connectivity index (χ4n) is 4.00. The first-order valence-corrected chi connectivity index (χ1v) is 16.0. The maximum absolute atomic E-state index is 12.1. The van der Waals surface area contributed by atoms with Crippen molar-refractivity contribution in [2.45, 2.75) is 29.7 Å². The van der Waals surface area contributed by atoms with Gasteiger partial charge in [-0.2, -0.15) is 16.8 Å². The summed E-state index contributed by atoms with van der Waals surface area (Å²) in [4.78, 5) is -0.445. The largest absolute Gasteiger partial charge is 0.497 e. The molecule has 0 aliphatic heterocycles. The average molecular weight is 635 g/mol. The van der Waals surface area contributed by atoms with Crippen molar-refractivity contribution in [3.8, 4) is 33.8 Å². The van der Waals surface area contributed by atoms with E-state index in [4.69, 9.17) is 22.1 Å². The second-order valence-corrected chi connectivity index (χ2v) is 11.9. The smallest absolute Gasteiger partial charge is 0.425 e. The molecule has 0 saturated heterocycles. The van der Waals surface area contributed by atoms with Gasteiger partial charge in [0.1, 0.15) is 27.9 Å². The molecule has 0 unspecified atom stereocenters. The Morgan fingerprint density at radius 3 is 1.55 bits per heavy atom. The molecule has 0 bridgehead atoms. The van der Waals surface area contributed by atoms with Crippen molar-refractivity contribution in [1.29, 1.82) is 0 Å². The van der Waals surface area contributed by atoms with E-state index in [1.807, 2.05) is 13.0 Å². The number of hydrogen-bond donors (Lipinski definition) is 2. The average Bonchev–Trinajstić information content (AvgIpc) is 2.95. The lowest BCUT2D eigenvalue weighted by Gasteiger charge is -2.13. The summed E-state index contributed by atoms with van der Waals surface area (Å²) in [7, 11) is -10.5. The number of aryl methyl sites for hydroxylation is 1. The zero-order valence-corrected chi connectivity index (χ0v) is 24.7. The molecule has 42 heavy (non-hydrogen) atoms. The fourth-order valence-corrected chi connectivity index (χ4v) is 5.49. The predicted molar refractivity (Wildman–Crippen MR) is 153 cm³/mol. The summed E-state index contributed by atoms with van der Waals surface area (Å²) >= 11 is 0. The van der Waals surface area contributed by atoms with Crippen molar-refractivity contribution in [3.63, 3.8) is 0 Å². The van der Waals surface area contributed by atoms with E-state index in [9.17, 15) is 25.9 Å². The van der Waals surface area contributed by atoms with Crippen LogP contribution in [0, 0.1) is 0 Å². The van der Waals surface area contributed by atoms with Gasteiger partial charge in [0.05, 0.1) is 7.11 Å². The van der Waals surface area contributed by atoms with Gasteiger partial charge in [-0.25, -0.2) is 0 Å². The van der Waals surface area contributed by atoms with Crippen LogP contribution in [-0.4, -0.2) is 45.7 Å². The molecule has 222 valence electrons. The van der Waals surface area contributed by atoms with Crippen molar-refractivity contribution in [3.05, 3.63) is 96.1 Å². The summed E-state index contributed by atoms with van der Waals surface area (Å²) in [6, 6.07) is 23.0. The highest BCUT2D eigenvalue weighted by molar-refractivity contribution is 7.86. The van der Waals surface area contributed by atoms with Gasteiger partial charge in [0, 0.05) is 17.2 Å². The molecule has 4 rings (SSSR count). The summed E-state index contributed by atoms with van der Waals surface area (Å²) in [5, 5.41) is 0. The van der Waals surface area contributed by atoms with Crippen LogP contribution in [0.25, 0.3) is 22.3 Å². The highest BCUT2D eigenvalue weighted by atomic mass is 32.2. The van der Waals surface area contributed by atoms with Crippen LogP contribution in [-0.2, 0) is 43.9 Å². The number of benzene rings is 4. The number of methoxy groups -OCH3 is 1. The van der Waals surface area contributed by atoms with E-state index in [1.54, 1.807) is 66.7 Å². The molecule has 4 aromatic rings. The maximum atomic E-state index is 12.1. The zero-order chi connectivity index (χ0) is 31.1. The van der Waals surface area contributed by atoms with Gasteiger partial charge in [-0.1, -0.05) is 55.5 Å². The van der Waals surface area contributed by atoms with Gasteiger partial charge < -0.3 is 9.47 Å². The Bertz CT molecular complexity index is 1880. The van der Waals surface area contributed by atoms with Crippen LogP contribution in [0.3, 0.4) is 0 Å². The first-order valence-electron chi connectivity index (χ1n) is 12.1. The summed E-state index contributed by atoms with van der Waals surface area (Å²) in [6.45, 7) is 1.98. The van der Waals surface area contributed by atoms with E-state index in [0.717, 1.165) is 11.1 Å². The van der Waals surface area contributed by atoms with Crippen LogP contribution in [0.5, 0.6) is 11.5 Å². The van der Waals surface area contributed by atoms with Crippen LogP contribution >= 0.6 is 0 Å².